The van der Waals surface area contributed by atoms with Crippen LogP contribution in [-0.2, 0) is 0 Å². The second-order valence-corrected chi connectivity index (χ2v) is 6.52. The van der Waals surface area contributed by atoms with Crippen LogP contribution in [0, 0.1) is 17.0 Å². The Labute approximate surface area is 184 Å². The molecule has 0 amide bonds. The minimum absolute atomic E-state index is 0.135. The highest BCUT2D eigenvalue weighted by Gasteiger charge is 2.17. The van der Waals surface area contributed by atoms with Gasteiger partial charge in [-0.3, -0.25) is 15.1 Å². The Hall–Kier alpha value is -3.53. The summed E-state index contributed by atoms with van der Waals surface area (Å²) in [5.41, 5.74) is 2.24. The van der Waals surface area contributed by atoms with E-state index in [2.05, 4.69) is 29.1 Å². The summed E-state index contributed by atoms with van der Waals surface area (Å²) < 4.78 is 1.31. The van der Waals surface area contributed by atoms with Gasteiger partial charge in [-0.2, -0.15) is 0 Å². The second-order valence-electron chi connectivity index (χ2n) is 6.16. The predicted molar refractivity (Wildman–Crippen MR) is 120 cm³/mol. The molecule has 4 aromatic rings. The minimum Gasteiger partial charge on any atom is -0.423 e. The molecule has 0 bridgehead atoms. The number of aromatic nitrogens is 3. The predicted octanol–water partition coefficient (Wildman–Crippen LogP) is 3.19. The van der Waals surface area contributed by atoms with Gasteiger partial charge < -0.3 is 10.0 Å². The summed E-state index contributed by atoms with van der Waals surface area (Å²) in [4.78, 5) is 13.8. The Balaban J connectivity index is 0.000000181. The molecule has 4 rings (SSSR count). The first-order chi connectivity index (χ1) is 14.9. The van der Waals surface area contributed by atoms with Crippen molar-refractivity contribution < 1.29 is 15.0 Å². The smallest absolute Gasteiger partial charge is 0.423 e. The molecule has 0 aliphatic carbocycles. The van der Waals surface area contributed by atoms with Crippen LogP contribution in [0.1, 0.15) is 5.56 Å². The van der Waals surface area contributed by atoms with E-state index in [-0.39, 0.29) is 10.8 Å². The molecule has 158 valence electrons. The van der Waals surface area contributed by atoms with Crippen molar-refractivity contribution in [3.63, 3.8) is 0 Å². The maximum absolute atomic E-state index is 10.5. The number of halogens is 1. The first kappa shape index (κ1) is 23.8. The molecule has 0 aliphatic heterocycles. The van der Waals surface area contributed by atoms with Gasteiger partial charge in [0.1, 0.15) is 6.20 Å². The van der Waals surface area contributed by atoms with Crippen LogP contribution in [0.5, 0.6) is 0 Å². The highest BCUT2D eigenvalue weighted by molar-refractivity contribution is 6.58. The van der Waals surface area contributed by atoms with Gasteiger partial charge in [-0.05, 0) is 24.5 Å². The van der Waals surface area contributed by atoms with Crippen LogP contribution in [0.3, 0.4) is 0 Å². The van der Waals surface area contributed by atoms with E-state index in [1.165, 1.54) is 22.6 Å². The molecular formula is C21H20BClN4O4. The average Bonchev–Trinajstić information content (AvgIpc) is 3.18. The van der Waals surface area contributed by atoms with Crippen molar-refractivity contribution in [3.05, 3.63) is 112 Å². The van der Waals surface area contributed by atoms with Gasteiger partial charge >= 0.3 is 12.8 Å². The molecule has 0 saturated heterocycles. The van der Waals surface area contributed by atoms with Crippen molar-refractivity contribution in [1.29, 1.82) is 0 Å². The molecule has 8 nitrogen and oxygen atoms in total. The van der Waals surface area contributed by atoms with Gasteiger partial charge in [0, 0.05) is 6.20 Å². The molecule has 0 fully saturated rings. The lowest BCUT2D eigenvalue weighted by atomic mass is 9.81. The lowest BCUT2D eigenvalue weighted by Crippen LogP contribution is -2.29. The number of hydrogen-bond donors (Lipinski definition) is 2. The van der Waals surface area contributed by atoms with Crippen molar-refractivity contribution in [1.82, 2.24) is 14.8 Å². The number of nitrogens with zero attached hydrogens (tertiary/aromatic N) is 4. The molecule has 2 aromatic heterocycles. The zero-order valence-corrected chi connectivity index (χ0v) is 17.4. The molecule has 10 heteroatoms. The highest BCUT2D eigenvalue weighted by atomic mass is 35.5. The van der Waals surface area contributed by atoms with Gasteiger partial charge in [0.15, 0.2) is 0 Å². The van der Waals surface area contributed by atoms with Gasteiger partial charge in [-0.1, -0.05) is 77.8 Å². The Morgan fingerprint density at radius 2 is 1.61 bits per heavy atom. The van der Waals surface area contributed by atoms with Gasteiger partial charge in [0.2, 0.25) is 5.15 Å². The highest BCUT2D eigenvalue weighted by Crippen LogP contribution is 2.23. The zero-order chi connectivity index (χ0) is 22.6. The van der Waals surface area contributed by atoms with Gasteiger partial charge in [0.05, 0.1) is 16.8 Å². The molecule has 0 atom stereocenters. The fourth-order valence-corrected chi connectivity index (χ4v) is 2.45. The number of aryl methyl sites for hydroxylation is 1. The molecule has 0 radical (unpaired) electrons. The number of nitro groups is 1. The van der Waals surface area contributed by atoms with E-state index in [4.69, 9.17) is 21.6 Å². The maximum atomic E-state index is 10.5. The number of benzene rings is 2. The third-order valence-electron chi connectivity index (χ3n) is 3.80. The quantitative estimate of drug-likeness (QED) is 0.288. The maximum Gasteiger partial charge on any atom is 0.488 e. The third-order valence-corrected chi connectivity index (χ3v) is 4.07. The standard InChI is InChI=1S/C8H5ClN4O2.C7H8.C6H7BO2/c9-8-7(13(14)15)5-12(11-8)6-2-1-3-10-4-6;1-7-5-3-2-4-6-7;8-7(9)6-4-2-1-3-5-6/h1-5H;2-6H,1H3;1-5,8-9H. The fraction of sp³-hybridized carbons (Fsp3) is 0.0476. The molecule has 31 heavy (non-hydrogen) atoms. The van der Waals surface area contributed by atoms with E-state index >= 15 is 0 Å². The largest absolute Gasteiger partial charge is 0.488 e. The molecule has 2 heterocycles. The molecular weight excluding hydrogens is 419 g/mol. The fourth-order valence-electron chi connectivity index (χ4n) is 2.25. The van der Waals surface area contributed by atoms with Crippen molar-refractivity contribution in [2.24, 2.45) is 0 Å². The number of hydrogen-bond acceptors (Lipinski definition) is 6. The summed E-state index contributed by atoms with van der Waals surface area (Å²) >= 11 is 5.60. The van der Waals surface area contributed by atoms with Crippen LogP contribution in [0.25, 0.3) is 5.69 Å². The van der Waals surface area contributed by atoms with E-state index in [0.717, 1.165) is 0 Å². The molecule has 2 aromatic carbocycles. The first-order valence-electron chi connectivity index (χ1n) is 9.11. The summed E-state index contributed by atoms with van der Waals surface area (Å²) in [6.45, 7) is 2.08. The molecule has 0 unspecified atom stereocenters. The molecule has 0 saturated carbocycles. The van der Waals surface area contributed by atoms with Crippen LogP contribution >= 0.6 is 11.6 Å². The Bertz CT molecular complexity index is 1060. The molecule has 0 spiro atoms. The Kier molecular flexibility index (Phi) is 9.37. The summed E-state index contributed by atoms with van der Waals surface area (Å²) in [5.74, 6) is 0. The number of pyridine rings is 1. The summed E-state index contributed by atoms with van der Waals surface area (Å²) in [5, 5.41) is 31.3. The monoisotopic (exact) mass is 438 g/mol. The van der Waals surface area contributed by atoms with Crippen LogP contribution in [0.15, 0.2) is 91.4 Å². The first-order valence-corrected chi connectivity index (χ1v) is 9.49. The zero-order valence-electron chi connectivity index (χ0n) is 16.6. The van der Waals surface area contributed by atoms with Gasteiger partial charge in [-0.25, -0.2) is 4.68 Å². The van der Waals surface area contributed by atoms with E-state index in [0.29, 0.717) is 11.2 Å². The second kappa shape index (κ2) is 12.2. The van der Waals surface area contributed by atoms with Crippen LogP contribution in [-0.4, -0.2) is 36.9 Å². The lowest BCUT2D eigenvalue weighted by Gasteiger charge is -1.96. The topological polar surface area (TPSA) is 114 Å². The van der Waals surface area contributed by atoms with Gasteiger partial charge in [0.25, 0.3) is 0 Å². The summed E-state index contributed by atoms with van der Waals surface area (Å²) in [7, 11) is -1.34. The minimum atomic E-state index is -1.34. The van der Waals surface area contributed by atoms with E-state index in [1.807, 2.05) is 24.3 Å². The molecule has 2 N–H and O–H groups in total. The van der Waals surface area contributed by atoms with Crippen molar-refractivity contribution in [3.8, 4) is 5.69 Å². The normalized spacial score (nSPS) is 9.55. The Morgan fingerprint density at radius 1 is 1.00 bits per heavy atom. The third kappa shape index (κ3) is 8.02. The van der Waals surface area contributed by atoms with Crippen LogP contribution in [0.2, 0.25) is 5.15 Å². The van der Waals surface area contributed by atoms with E-state index in [9.17, 15) is 10.1 Å². The lowest BCUT2D eigenvalue weighted by molar-refractivity contribution is -0.384. The van der Waals surface area contributed by atoms with E-state index < -0.39 is 12.0 Å². The Morgan fingerprint density at radius 3 is 2.00 bits per heavy atom. The molecule has 0 aliphatic rings. The van der Waals surface area contributed by atoms with Gasteiger partial charge in [-0.15, -0.1) is 5.10 Å². The van der Waals surface area contributed by atoms with Crippen molar-refractivity contribution in [2.75, 3.05) is 0 Å². The van der Waals surface area contributed by atoms with Crippen LogP contribution in [0.4, 0.5) is 5.69 Å². The number of rotatable bonds is 3. The summed E-state index contributed by atoms with van der Waals surface area (Å²) in [6, 6.07) is 22.3. The SMILES string of the molecule is Cc1ccccc1.O=[N+]([O-])c1cn(-c2cccnc2)nc1Cl.OB(O)c1ccccc1. The van der Waals surface area contributed by atoms with Crippen molar-refractivity contribution >= 4 is 29.9 Å². The average molecular weight is 439 g/mol. The van der Waals surface area contributed by atoms with Crippen LogP contribution < -0.4 is 5.46 Å². The summed E-state index contributed by atoms with van der Waals surface area (Å²) in [6.07, 6.45) is 4.38. The van der Waals surface area contributed by atoms with E-state index in [1.54, 1.807) is 42.6 Å². The van der Waals surface area contributed by atoms with Crippen molar-refractivity contribution in [2.45, 2.75) is 6.92 Å².